The van der Waals surface area contributed by atoms with Gasteiger partial charge in [-0.3, -0.25) is 0 Å². The average molecular weight is 338 g/mol. The molecule has 0 aliphatic carbocycles. The maximum Gasteiger partial charge on any atom is 0.0355 e. The van der Waals surface area contributed by atoms with Gasteiger partial charge in [0.25, 0.3) is 0 Å². The second-order valence-electron chi connectivity index (χ2n) is 6.61. The van der Waals surface area contributed by atoms with Crippen LogP contribution in [0.15, 0.2) is 84.9 Å². The highest BCUT2D eigenvalue weighted by atomic mass is 32.1. The summed E-state index contributed by atoms with van der Waals surface area (Å²) < 4.78 is 2.76. The van der Waals surface area contributed by atoms with Crippen molar-refractivity contribution < 1.29 is 0 Å². The lowest BCUT2D eigenvalue weighted by Crippen LogP contribution is -1.91. The first-order chi connectivity index (χ1) is 12.4. The van der Waals surface area contributed by atoms with E-state index >= 15 is 0 Å². The Balaban J connectivity index is 1.45. The normalized spacial score (nSPS) is 11.5. The van der Waals surface area contributed by atoms with E-state index in [-0.39, 0.29) is 0 Å². The molecule has 5 rings (SSSR count). The topological polar surface area (TPSA) is 0 Å². The van der Waals surface area contributed by atoms with Gasteiger partial charge in [-0.05, 0) is 52.9 Å². The lowest BCUT2D eigenvalue weighted by atomic mass is 10.00. The van der Waals surface area contributed by atoms with Crippen molar-refractivity contribution in [3.05, 3.63) is 96.1 Å². The Hall–Kier alpha value is -2.64. The van der Waals surface area contributed by atoms with E-state index in [9.17, 15) is 0 Å². The van der Waals surface area contributed by atoms with E-state index in [1.807, 2.05) is 11.3 Å². The molecule has 25 heavy (non-hydrogen) atoms. The van der Waals surface area contributed by atoms with Crippen LogP contribution >= 0.6 is 11.3 Å². The van der Waals surface area contributed by atoms with Crippen molar-refractivity contribution in [1.29, 1.82) is 0 Å². The molecular weight excluding hydrogens is 320 g/mol. The highest BCUT2D eigenvalue weighted by Crippen LogP contribution is 2.34. The Morgan fingerprint density at radius 3 is 2.12 bits per heavy atom. The van der Waals surface area contributed by atoms with Crippen LogP contribution < -0.4 is 0 Å². The van der Waals surface area contributed by atoms with Crippen molar-refractivity contribution >= 4 is 42.3 Å². The second kappa shape index (κ2) is 6.02. The van der Waals surface area contributed by atoms with Gasteiger partial charge in [0.1, 0.15) is 0 Å². The summed E-state index contributed by atoms with van der Waals surface area (Å²) in [6, 6.07) is 31.1. The van der Waals surface area contributed by atoms with Gasteiger partial charge in [0.15, 0.2) is 0 Å². The molecule has 1 aromatic heterocycles. The van der Waals surface area contributed by atoms with Crippen LogP contribution in [0.2, 0.25) is 0 Å². The molecular formula is C24H18S. The van der Waals surface area contributed by atoms with E-state index in [0.29, 0.717) is 0 Å². The summed E-state index contributed by atoms with van der Waals surface area (Å²) in [6.07, 6.45) is 2.16. The molecule has 1 heterocycles. The van der Waals surface area contributed by atoms with Crippen LogP contribution in [-0.2, 0) is 12.8 Å². The lowest BCUT2D eigenvalue weighted by Gasteiger charge is -2.05. The molecule has 0 spiro atoms. The SMILES string of the molecule is c1ccc2cc(CCc3ccc4sc5ccccc5c4c3)ccc2c1. The van der Waals surface area contributed by atoms with E-state index in [1.54, 1.807) is 0 Å². The molecule has 1 heteroatoms. The Bertz CT molecular complexity index is 1200. The maximum atomic E-state index is 2.38. The first-order valence-corrected chi connectivity index (χ1v) is 9.56. The summed E-state index contributed by atoms with van der Waals surface area (Å²) in [5.41, 5.74) is 2.83. The zero-order valence-corrected chi connectivity index (χ0v) is 14.7. The molecule has 0 aliphatic heterocycles. The van der Waals surface area contributed by atoms with Crippen molar-refractivity contribution in [3.8, 4) is 0 Å². The highest BCUT2D eigenvalue weighted by molar-refractivity contribution is 7.25. The molecule has 0 radical (unpaired) electrons. The third-order valence-electron chi connectivity index (χ3n) is 4.96. The third-order valence-corrected chi connectivity index (χ3v) is 6.11. The molecule has 5 aromatic rings. The molecule has 0 fully saturated rings. The van der Waals surface area contributed by atoms with Crippen molar-refractivity contribution in [3.63, 3.8) is 0 Å². The summed E-state index contributed by atoms with van der Waals surface area (Å²) >= 11 is 1.89. The summed E-state index contributed by atoms with van der Waals surface area (Å²) in [5.74, 6) is 0. The molecule has 0 saturated heterocycles. The Morgan fingerprint density at radius 2 is 1.20 bits per heavy atom. The highest BCUT2D eigenvalue weighted by Gasteiger charge is 2.05. The number of hydrogen-bond acceptors (Lipinski definition) is 1. The molecule has 0 N–H and O–H groups in total. The lowest BCUT2D eigenvalue weighted by molar-refractivity contribution is 0.965. The quantitative estimate of drug-likeness (QED) is 0.332. The summed E-state index contributed by atoms with van der Waals surface area (Å²) in [7, 11) is 0. The average Bonchev–Trinajstić information content (AvgIpc) is 3.04. The summed E-state index contributed by atoms with van der Waals surface area (Å²) in [6.45, 7) is 0. The molecule has 0 aliphatic rings. The maximum absolute atomic E-state index is 2.38. The molecule has 120 valence electrons. The molecule has 0 nitrogen and oxygen atoms in total. The van der Waals surface area contributed by atoms with Crippen molar-refractivity contribution in [2.45, 2.75) is 12.8 Å². The van der Waals surface area contributed by atoms with Crippen LogP contribution in [-0.4, -0.2) is 0 Å². The van der Waals surface area contributed by atoms with Crippen LogP contribution in [0.4, 0.5) is 0 Å². The van der Waals surface area contributed by atoms with E-state index in [0.717, 1.165) is 12.8 Å². The van der Waals surface area contributed by atoms with Gasteiger partial charge in [0, 0.05) is 20.2 Å². The smallest absolute Gasteiger partial charge is 0.0355 e. The number of aryl methyl sites for hydroxylation is 2. The minimum Gasteiger partial charge on any atom is -0.135 e. The Labute approximate surface area is 151 Å². The minimum atomic E-state index is 1.08. The van der Waals surface area contributed by atoms with Gasteiger partial charge in [-0.2, -0.15) is 0 Å². The van der Waals surface area contributed by atoms with Crippen molar-refractivity contribution in [2.24, 2.45) is 0 Å². The van der Waals surface area contributed by atoms with Gasteiger partial charge < -0.3 is 0 Å². The number of benzene rings is 4. The van der Waals surface area contributed by atoms with E-state index in [2.05, 4.69) is 84.9 Å². The monoisotopic (exact) mass is 338 g/mol. The predicted octanol–water partition coefficient (Wildman–Crippen LogP) is 6.99. The second-order valence-corrected chi connectivity index (χ2v) is 7.69. The van der Waals surface area contributed by atoms with Gasteiger partial charge in [-0.15, -0.1) is 11.3 Å². The molecule has 0 amide bonds. The third kappa shape index (κ3) is 2.71. The molecule has 0 bridgehead atoms. The molecule has 0 atom stereocenters. The zero-order chi connectivity index (χ0) is 16.6. The van der Waals surface area contributed by atoms with Gasteiger partial charge in [-0.1, -0.05) is 66.7 Å². The van der Waals surface area contributed by atoms with Crippen LogP contribution in [0.5, 0.6) is 0 Å². The Kier molecular flexibility index (Phi) is 3.53. The summed E-state index contributed by atoms with van der Waals surface area (Å²) in [4.78, 5) is 0. The van der Waals surface area contributed by atoms with Gasteiger partial charge in [-0.25, -0.2) is 0 Å². The number of hydrogen-bond donors (Lipinski definition) is 0. The zero-order valence-electron chi connectivity index (χ0n) is 13.9. The fraction of sp³-hybridized carbons (Fsp3) is 0.0833. The summed E-state index contributed by atoms with van der Waals surface area (Å²) in [5, 5.41) is 5.43. The molecule has 4 aromatic carbocycles. The predicted molar refractivity (Wildman–Crippen MR) is 111 cm³/mol. The first kappa shape index (κ1) is 14.7. The number of rotatable bonds is 3. The van der Waals surface area contributed by atoms with E-state index in [4.69, 9.17) is 0 Å². The van der Waals surface area contributed by atoms with Gasteiger partial charge in [0.05, 0.1) is 0 Å². The van der Waals surface area contributed by atoms with Crippen LogP contribution in [0.3, 0.4) is 0 Å². The number of fused-ring (bicyclic) bond motifs is 4. The molecule has 0 unspecified atom stereocenters. The van der Waals surface area contributed by atoms with Crippen LogP contribution in [0.1, 0.15) is 11.1 Å². The van der Waals surface area contributed by atoms with Crippen molar-refractivity contribution in [2.75, 3.05) is 0 Å². The van der Waals surface area contributed by atoms with Crippen LogP contribution in [0.25, 0.3) is 30.9 Å². The Morgan fingerprint density at radius 1 is 0.520 bits per heavy atom. The van der Waals surface area contributed by atoms with E-state index < -0.39 is 0 Å². The number of thiophene rings is 1. The van der Waals surface area contributed by atoms with Crippen molar-refractivity contribution in [1.82, 2.24) is 0 Å². The van der Waals surface area contributed by atoms with Crippen LogP contribution in [0, 0.1) is 0 Å². The largest absolute Gasteiger partial charge is 0.135 e. The fourth-order valence-corrected chi connectivity index (χ4v) is 4.70. The van der Waals surface area contributed by atoms with E-state index in [1.165, 1.54) is 42.1 Å². The van der Waals surface area contributed by atoms with Gasteiger partial charge >= 0.3 is 0 Å². The standard InChI is InChI=1S/C24H18S/c1-2-6-20-15-17(11-13-19(20)5-1)9-10-18-12-14-24-22(16-18)21-7-3-4-8-23(21)25-24/h1-8,11-16H,9-10H2. The fourth-order valence-electron chi connectivity index (χ4n) is 3.61. The minimum absolute atomic E-state index is 1.08. The van der Waals surface area contributed by atoms with Gasteiger partial charge in [0.2, 0.25) is 0 Å². The molecule has 0 saturated carbocycles. The first-order valence-electron chi connectivity index (χ1n) is 8.75.